The quantitative estimate of drug-likeness (QED) is 0.621. The summed E-state index contributed by atoms with van der Waals surface area (Å²) < 4.78 is 5.36. The van der Waals surface area contributed by atoms with Crippen LogP contribution in [0.4, 0.5) is 0 Å². The second-order valence-corrected chi connectivity index (χ2v) is 4.85. The van der Waals surface area contributed by atoms with Crippen molar-refractivity contribution >= 4 is 0 Å². The first-order valence-corrected chi connectivity index (χ1v) is 5.87. The first kappa shape index (κ1) is 11.3. The molecule has 1 saturated heterocycles. The van der Waals surface area contributed by atoms with Gasteiger partial charge in [0.05, 0.1) is 12.2 Å². The van der Waals surface area contributed by atoms with E-state index >= 15 is 0 Å². The van der Waals surface area contributed by atoms with Crippen molar-refractivity contribution in [2.24, 2.45) is 0 Å². The summed E-state index contributed by atoms with van der Waals surface area (Å²) in [5, 5.41) is 23.1. The van der Waals surface area contributed by atoms with Gasteiger partial charge in [-0.1, -0.05) is 0 Å². The average Bonchev–Trinajstić information content (AvgIpc) is 2.73. The monoisotopic (exact) mass is 215 g/mol. The molecule has 2 unspecified atom stereocenters. The van der Waals surface area contributed by atoms with E-state index in [0.717, 1.165) is 19.3 Å². The maximum absolute atomic E-state index is 10.2. The van der Waals surface area contributed by atoms with Crippen molar-refractivity contribution in [3.63, 3.8) is 0 Å². The molecule has 4 nitrogen and oxygen atoms in total. The van der Waals surface area contributed by atoms with Gasteiger partial charge in [-0.3, -0.25) is 0 Å². The van der Waals surface area contributed by atoms with Gasteiger partial charge < -0.3 is 20.3 Å². The molecule has 1 aliphatic heterocycles. The molecule has 15 heavy (non-hydrogen) atoms. The summed E-state index contributed by atoms with van der Waals surface area (Å²) in [7, 11) is 0. The molecule has 3 N–H and O–H groups in total. The highest BCUT2D eigenvalue weighted by Crippen LogP contribution is 2.26. The summed E-state index contributed by atoms with van der Waals surface area (Å²) in [5.41, 5.74) is -0.748. The van der Waals surface area contributed by atoms with E-state index in [-0.39, 0.29) is 18.2 Å². The first-order valence-electron chi connectivity index (χ1n) is 5.87. The molecule has 88 valence electrons. The third-order valence-electron chi connectivity index (χ3n) is 3.81. The van der Waals surface area contributed by atoms with Gasteiger partial charge in [-0.2, -0.15) is 0 Å². The zero-order chi connectivity index (χ0) is 10.9. The normalized spacial score (nSPS) is 46.2. The Hall–Kier alpha value is -0.160. The van der Waals surface area contributed by atoms with Gasteiger partial charge in [-0.05, 0) is 26.2 Å². The van der Waals surface area contributed by atoms with E-state index in [4.69, 9.17) is 4.74 Å². The maximum atomic E-state index is 10.2. The van der Waals surface area contributed by atoms with Crippen LogP contribution in [-0.2, 0) is 4.74 Å². The molecule has 2 rings (SSSR count). The Kier molecular flexibility index (Phi) is 3.30. The van der Waals surface area contributed by atoms with E-state index in [2.05, 4.69) is 5.32 Å². The summed E-state index contributed by atoms with van der Waals surface area (Å²) in [5.74, 6) is 0. The van der Waals surface area contributed by atoms with Crippen molar-refractivity contribution in [2.45, 2.75) is 56.5 Å². The van der Waals surface area contributed by atoms with E-state index in [0.29, 0.717) is 19.6 Å². The summed E-state index contributed by atoms with van der Waals surface area (Å²) in [6, 6.07) is 0.154. The van der Waals surface area contributed by atoms with Crippen molar-refractivity contribution in [3.05, 3.63) is 0 Å². The molecule has 0 spiro atoms. The molecular weight excluding hydrogens is 194 g/mol. The van der Waals surface area contributed by atoms with Gasteiger partial charge in [0.2, 0.25) is 0 Å². The zero-order valence-corrected chi connectivity index (χ0v) is 9.28. The molecule has 0 amide bonds. The van der Waals surface area contributed by atoms with Crippen LogP contribution in [0.15, 0.2) is 0 Å². The van der Waals surface area contributed by atoms with Crippen LogP contribution >= 0.6 is 0 Å². The van der Waals surface area contributed by atoms with Crippen LogP contribution in [0.25, 0.3) is 0 Å². The average molecular weight is 215 g/mol. The highest BCUT2D eigenvalue weighted by Gasteiger charge is 2.40. The molecule has 0 aromatic heterocycles. The fourth-order valence-corrected chi connectivity index (χ4v) is 2.49. The number of aliphatic hydroxyl groups excluding tert-OH is 1. The van der Waals surface area contributed by atoms with Gasteiger partial charge in [0.1, 0.15) is 5.60 Å². The Morgan fingerprint density at radius 3 is 2.80 bits per heavy atom. The Bertz CT molecular complexity index is 224. The minimum atomic E-state index is -0.748. The Morgan fingerprint density at radius 1 is 1.47 bits per heavy atom. The lowest BCUT2D eigenvalue weighted by Crippen LogP contribution is -2.50. The molecular formula is C11H21NO3. The number of hydrogen-bond acceptors (Lipinski definition) is 4. The van der Waals surface area contributed by atoms with E-state index < -0.39 is 5.60 Å². The third-order valence-corrected chi connectivity index (χ3v) is 3.81. The standard InChI is InChI=1S/C11H21NO3/c1-8-11(14,5-6-15-8)7-12-9-3-2-4-10(9)13/h8-10,12-14H,2-7H2,1H3/t8?,9-,10-,11?/m1/s1. The van der Waals surface area contributed by atoms with E-state index in [1.165, 1.54) is 0 Å². The Labute approximate surface area is 90.6 Å². The van der Waals surface area contributed by atoms with Crippen molar-refractivity contribution in [1.82, 2.24) is 5.32 Å². The van der Waals surface area contributed by atoms with Crippen molar-refractivity contribution < 1.29 is 14.9 Å². The predicted molar refractivity (Wildman–Crippen MR) is 56.6 cm³/mol. The molecule has 2 aliphatic rings. The highest BCUT2D eigenvalue weighted by atomic mass is 16.5. The molecule has 2 fully saturated rings. The molecule has 0 bridgehead atoms. The van der Waals surface area contributed by atoms with E-state index in [9.17, 15) is 10.2 Å². The molecule has 1 saturated carbocycles. The Balaban J connectivity index is 1.81. The predicted octanol–water partition coefficient (Wildman–Crippen LogP) is 0.0293. The largest absolute Gasteiger partial charge is 0.392 e. The van der Waals surface area contributed by atoms with Crippen LogP contribution in [0.3, 0.4) is 0 Å². The topological polar surface area (TPSA) is 61.7 Å². The molecule has 1 aliphatic carbocycles. The highest BCUT2D eigenvalue weighted by molar-refractivity contribution is 4.94. The van der Waals surface area contributed by atoms with Gasteiger partial charge in [-0.15, -0.1) is 0 Å². The van der Waals surface area contributed by atoms with Crippen LogP contribution in [0.1, 0.15) is 32.6 Å². The summed E-state index contributed by atoms with van der Waals surface area (Å²) in [6.45, 7) is 3.06. The molecule has 0 aromatic carbocycles. The van der Waals surface area contributed by atoms with Crippen molar-refractivity contribution in [3.8, 4) is 0 Å². The molecule has 4 atom stereocenters. The van der Waals surface area contributed by atoms with Crippen LogP contribution < -0.4 is 5.32 Å². The lowest BCUT2D eigenvalue weighted by Gasteiger charge is -2.28. The van der Waals surface area contributed by atoms with Crippen molar-refractivity contribution in [2.75, 3.05) is 13.2 Å². The number of aliphatic hydroxyl groups is 2. The van der Waals surface area contributed by atoms with Crippen LogP contribution in [0.5, 0.6) is 0 Å². The number of ether oxygens (including phenoxy) is 1. The van der Waals surface area contributed by atoms with Gasteiger partial charge in [0.25, 0.3) is 0 Å². The van der Waals surface area contributed by atoms with Gasteiger partial charge in [0, 0.05) is 25.6 Å². The SMILES string of the molecule is CC1OCCC1(O)CN[C@@H]1CCC[C@H]1O. The van der Waals surface area contributed by atoms with Gasteiger partial charge in [-0.25, -0.2) is 0 Å². The second kappa shape index (κ2) is 4.37. The lowest BCUT2D eigenvalue weighted by atomic mass is 9.96. The minimum Gasteiger partial charge on any atom is -0.392 e. The maximum Gasteiger partial charge on any atom is 0.105 e. The lowest BCUT2D eigenvalue weighted by molar-refractivity contribution is -0.0297. The van der Waals surface area contributed by atoms with Gasteiger partial charge >= 0.3 is 0 Å². The number of hydrogen-bond donors (Lipinski definition) is 3. The number of rotatable bonds is 3. The summed E-state index contributed by atoms with van der Waals surface area (Å²) in [6.07, 6.45) is 3.29. The first-order chi connectivity index (χ1) is 7.12. The molecule has 0 aromatic rings. The molecule has 0 radical (unpaired) electrons. The summed E-state index contributed by atoms with van der Waals surface area (Å²) >= 11 is 0. The zero-order valence-electron chi connectivity index (χ0n) is 9.28. The van der Waals surface area contributed by atoms with E-state index in [1.807, 2.05) is 6.92 Å². The van der Waals surface area contributed by atoms with Gasteiger partial charge in [0.15, 0.2) is 0 Å². The van der Waals surface area contributed by atoms with Crippen LogP contribution in [-0.4, -0.2) is 47.2 Å². The molecule has 4 heteroatoms. The van der Waals surface area contributed by atoms with E-state index in [1.54, 1.807) is 0 Å². The number of nitrogens with one attached hydrogen (secondary N) is 1. The fourth-order valence-electron chi connectivity index (χ4n) is 2.49. The minimum absolute atomic E-state index is 0.108. The van der Waals surface area contributed by atoms with Crippen LogP contribution in [0.2, 0.25) is 0 Å². The smallest absolute Gasteiger partial charge is 0.105 e. The fraction of sp³-hybridized carbons (Fsp3) is 1.00. The Morgan fingerprint density at radius 2 is 2.27 bits per heavy atom. The van der Waals surface area contributed by atoms with Crippen LogP contribution in [0, 0.1) is 0 Å². The summed E-state index contributed by atoms with van der Waals surface area (Å²) in [4.78, 5) is 0. The second-order valence-electron chi connectivity index (χ2n) is 4.85. The molecule has 1 heterocycles. The van der Waals surface area contributed by atoms with Crippen molar-refractivity contribution in [1.29, 1.82) is 0 Å². The third kappa shape index (κ3) is 2.33.